The topological polar surface area (TPSA) is 57.3 Å². The lowest BCUT2D eigenvalue weighted by Gasteiger charge is -2.36. The minimum atomic E-state index is -0.0265. The zero-order chi connectivity index (χ0) is 17.3. The molecule has 5 nitrogen and oxygen atoms in total. The van der Waals surface area contributed by atoms with E-state index in [0.29, 0.717) is 17.2 Å². The quantitative estimate of drug-likeness (QED) is 0.838. The van der Waals surface area contributed by atoms with Crippen molar-refractivity contribution in [2.45, 2.75) is 39.3 Å². The van der Waals surface area contributed by atoms with Crippen LogP contribution in [-0.4, -0.2) is 41.1 Å². The molecule has 0 aliphatic carbocycles. The fourth-order valence-corrected chi connectivity index (χ4v) is 3.55. The number of halogens is 1. The molecule has 6 heteroatoms. The third kappa shape index (κ3) is 4.04. The SMILES string of the molecule is Cc1ccc2nc(Cl)cc(CC(=O)NN3C[C@@H](C)N[C@@H](C)C3)c2c1. The Hall–Kier alpha value is -1.69. The summed E-state index contributed by atoms with van der Waals surface area (Å²) in [4.78, 5) is 16.8. The van der Waals surface area contributed by atoms with Crippen molar-refractivity contribution in [2.24, 2.45) is 0 Å². The van der Waals surface area contributed by atoms with Gasteiger partial charge in [-0.3, -0.25) is 10.2 Å². The fourth-order valence-electron chi connectivity index (χ4n) is 3.33. The summed E-state index contributed by atoms with van der Waals surface area (Å²) in [5, 5.41) is 6.84. The summed E-state index contributed by atoms with van der Waals surface area (Å²) in [6.45, 7) is 7.86. The second-order valence-electron chi connectivity index (χ2n) is 6.71. The molecule has 0 radical (unpaired) electrons. The number of piperazine rings is 1. The van der Waals surface area contributed by atoms with E-state index in [4.69, 9.17) is 11.6 Å². The molecule has 3 rings (SSSR count). The van der Waals surface area contributed by atoms with Gasteiger partial charge in [0.15, 0.2) is 0 Å². The van der Waals surface area contributed by atoms with Gasteiger partial charge in [0, 0.05) is 30.6 Å². The molecule has 1 amide bonds. The first-order chi connectivity index (χ1) is 11.4. The van der Waals surface area contributed by atoms with Gasteiger partial charge in [0.05, 0.1) is 11.9 Å². The number of carbonyl (C=O) groups is 1. The minimum absolute atomic E-state index is 0.0265. The van der Waals surface area contributed by atoms with Crippen LogP contribution in [-0.2, 0) is 11.2 Å². The predicted octanol–water partition coefficient (Wildman–Crippen LogP) is 2.45. The lowest BCUT2D eigenvalue weighted by atomic mass is 10.0. The van der Waals surface area contributed by atoms with E-state index in [2.05, 4.69) is 35.6 Å². The number of hydrogen-bond donors (Lipinski definition) is 2. The van der Waals surface area contributed by atoms with Gasteiger partial charge in [-0.2, -0.15) is 0 Å². The van der Waals surface area contributed by atoms with Crippen LogP contribution in [0.5, 0.6) is 0 Å². The standard InChI is InChI=1S/C18H23ClN4O/c1-11-4-5-16-15(6-11)14(7-17(19)21-16)8-18(24)22-23-9-12(2)20-13(3)10-23/h4-7,12-13,20H,8-10H2,1-3H3,(H,22,24)/t12-,13+. The van der Waals surface area contributed by atoms with Gasteiger partial charge < -0.3 is 5.32 Å². The maximum Gasteiger partial charge on any atom is 0.238 e. The van der Waals surface area contributed by atoms with Crippen LogP contribution in [0.25, 0.3) is 10.9 Å². The summed E-state index contributed by atoms with van der Waals surface area (Å²) < 4.78 is 0. The number of hydrazine groups is 1. The Bertz CT molecular complexity index is 754. The number of carbonyl (C=O) groups excluding carboxylic acids is 1. The van der Waals surface area contributed by atoms with E-state index >= 15 is 0 Å². The van der Waals surface area contributed by atoms with Gasteiger partial charge in [0.2, 0.25) is 5.91 Å². The summed E-state index contributed by atoms with van der Waals surface area (Å²) in [6.07, 6.45) is 0.287. The highest BCUT2D eigenvalue weighted by atomic mass is 35.5. The van der Waals surface area contributed by atoms with Gasteiger partial charge in [-0.25, -0.2) is 9.99 Å². The van der Waals surface area contributed by atoms with E-state index in [1.807, 2.05) is 24.1 Å². The molecule has 1 saturated heterocycles. The average molecular weight is 347 g/mol. The molecule has 24 heavy (non-hydrogen) atoms. The largest absolute Gasteiger partial charge is 0.309 e. The Morgan fingerprint density at radius 1 is 1.33 bits per heavy atom. The molecule has 1 aliphatic rings. The van der Waals surface area contributed by atoms with Crippen LogP contribution in [0, 0.1) is 6.92 Å². The molecule has 1 fully saturated rings. The van der Waals surface area contributed by atoms with Crippen molar-refractivity contribution in [1.29, 1.82) is 0 Å². The van der Waals surface area contributed by atoms with Crippen molar-refractivity contribution >= 4 is 28.4 Å². The molecule has 2 N–H and O–H groups in total. The summed E-state index contributed by atoms with van der Waals surface area (Å²) >= 11 is 6.12. The molecule has 128 valence electrons. The van der Waals surface area contributed by atoms with Gasteiger partial charge in [-0.15, -0.1) is 0 Å². The van der Waals surface area contributed by atoms with Crippen molar-refractivity contribution in [3.63, 3.8) is 0 Å². The van der Waals surface area contributed by atoms with E-state index < -0.39 is 0 Å². The molecule has 2 aromatic rings. The van der Waals surface area contributed by atoms with Gasteiger partial charge >= 0.3 is 0 Å². The molecule has 1 aromatic heterocycles. The molecule has 0 saturated carbocycles. The number of fused-ring (bicyclic) bond motifs is 1. The van der Waals surface area contributed by atoms with E-state index in [1.165, 1.54) is 0 Å². The van der Waals surface area contributed by atoms with Crippen LogP contribution < -0.4 is 10.7 Å². The van der Waals surface area contributed by atoms with E-state index in [1.54, 1.807) is 6.07 Å². The number of aromatic nitrogens is 1. The van der Waals surface area contributed by atoms with Crippen LogP contribution in [0.3, 0.4) is 0 Å². The summed E-state index contributed by atoms with van der Waals surface area (Å²) in [7, 11) is 0. The van der Waals surface area contributed by atoms with Crippen molar-refractivity contribution in [2.75, 3.05) is 13.1 Å². The Labute approximate surface area is 147 Å². The van der Waals surface area contributed by atoms with Crippen molar-refractivity contribution in [3.8, 4) is 0 Å². The molecule has 2 atom stereocenters. The summed E-state index contributed by atoms with van der Waals surface area (Å²) in [5.74, 6) is -0.0265. The van der Waals surface area contributed by atoms with Gasteiger partial charge in [-0.1, -0.05) is 23.2 Å². The number of pyridine rings is 1. The first-order valence-corrected chi connectivity index (χ1v) is 8.65. The number of aryl methyl sites for hydroxylation is 1. The molecular weight excluding hydrogens is 324 g/mol. The Balaban J connectivity index is 1.77. The number of benzene rings is 1. The van der Waals surface area contributed by atoms with Gasteiger partial charge in [0.1, 0.15) is 5.15 Å². The lowest BCUT2D eigenvalue weighted by Crippen LogP contribution is -2.59. The molecular formula is C18H23ClN4O. The van der Waals surface area contributed by atoms with E-state index in [0.717, 1.165) is 35.1 Å². The monoisotopic (exact) mass is 346 g/mol. The summed E-state index contributed by atoms with van der Waals surface area (Å²) in [5.41, 5.74) is 5.88. The Morgan fingerprint density at radius 2 is 2.04 bits per heavy atom. The van der Waals surface area contributed by atoms with Crippen LogP contribution >= 0.6 is 11.6 Å². The van der Waals surface area contributed by atoms with Gasteiger partial charge in [-0.05, 0) is 44.5 Å². The molecule has 2 heterocycles. The zero-order valence-electron chi connectivity index (χ0n) is 14.3. The zero-order valence-corrected chi connectivity index (χ0v) is 15.0. The van der Waals surface area contributed by atoms with Crippen LogP contribution in [0.15, 0.2) is 24.3 Å². The third-order valence-corrected chi connectivity index (χ3v) is 4.40. The summed E-state index contributed by atoms with van der Waals surface area (Å²) in [6, 6.07) is 8.49. The first-order valence-electron chi connectivity index (χ1n) is 8.27. The maximum absolute atomic E-state index is 12.5. The van der Waals surface area contributed by atoms with Crippen LogP contribution in [0.4, 0.5) is 0 Å². The van der Waals surface area contributed by atoms with Crippen molar-refractivity contribution < 1.29 is 4.79 Å². The Morgan fingerprint density at radius 3 is 2.75 bits per heavy atom. The molecule has 0 spiro atoms. The second-order valence-corrected chi connectivity index (χ2v) is 7.10. The lowest BCUT2D eigenvalue weighted by molar-refractivity contribution is -0.126. The van der Waals surface area contributed by atoms with Crippen molar-refractivity contribution in [1.82, 2.24) is 20.7 Å². The van der Waals surface area contributed by atoms with Crippen LogP contribution in [0.1, 0.15) is 25.0 Å². The fraction of sp³-hybridized carbons (Fsp3) is 0.444. The maximum atomic E-state index is 12.5. The van der Waals surface area contributed by atoms with Crippen LogP contribution in [0.2, 0.25) is 5.15 Å². The average Bonchev–Trinajstić information content (AvgIpc) is 2.46. The first kappa shape index (κ1) is 17.1. The molecule has 1 aliphatic heterocycles. The number of amides is 1. The predicted molar refractivity (Wildman–Crippen MR) is 97.0 cm³/mol. The number of rotatable bonds is 3. The van der Waals surface area contributed by atoms with Gasteiger partial charge in [0.25, 0.3) is 0 Å². The smallest absolute Gasteiger partial charge is 0.238 e. The molecule has 0 bridgehead atoms. The molecule has 0 unspecified atom stereocenters. The highest BCUT2D eigenvalue weighted by Crippen LogP contribution is 2.22. The number of nitrogens with zero attached hydrogens (tertiary/aromatic N) is 2. The van der Waals surface area contributed by atoms with E-state index in [9.17, 15) is 4.79 Å². The van der Waals surface area contributed by atoms with E-state index in [-0.39, 0.29) is 12.3 Å². The number of hydrogen-bond acceptors (Lipinski definition) is 4. The highest BCUT2D eigenvalue weighted by Gasteiger charge is 2.22. The molecule has 1 aromatic carbocycles. The normalized spacial score (nSPS) is 21.8. The Kier molecular flexibility index (Phi) is 5.04. The number of nitrogens with one attached hydrogen (secondary N) is 2. The van der Waals surface area contributed by atoms with Crippen molar-refractivity contribution in [3.05, 3.63) is 40.5 Å². The minimum Gasteiger partial charge on any atom is -0.309 e. The second kappa shape index (κ2) is 7.05. The highest BCUT2D eigenvalue weighted by molar-refractivity contribution is 6.30. The third-order valence-electron chi connectivity index (χ3n) is 4.21.